The van der Waals surface area contributed by atoms with Crippen molar-refractivity contribution in [3.05, 3.63) is 28.8 Å². The first-order chi connectivity index (χ1) is 14.1. The Labute approximate surface area is 179 Å². The first-order valence-corrected chi connectivity index (χ1v) is 11.1. The molecule has 1 saturated heterocycles. The lowest BCUT2D eigenvalue weighted by Crippen LogP contribution is -2.42. The second-order valence-electron chi connectivity index (χ2n) is 6.89. The van der Waals surface area contributed by atoms with Crippen LogP contribution in [-0.2, 0) is 24.3 Å². The molecule has 2 N–H and O–H groups in total. The molecule has 0 radical (unpaired) electrons. The molecule has 1 aliphatic heterocycles. The zero-order valence-electron chi connectivity index (χ0n) is 16.6. The summed E-state index contributed by atoms with van der Waals surface area (Å²) >= 11 is 6.00. The number of imide groups is 1. The van der Waals surface area contributed by atoms with Crippen molar-refractivity contribution in [2.75, 3.05) is 39.5 Å². The zero-order valence-corrected chi connectivity index (χ0v) is 18.2. The fourth-order valence-corrected chi connectivity index (χ4v) is 4.10. The zero-order chi connectivity index (χ0) is 22.3. The molecule has 0 unspecified atom stereocenters. The summed E-state index contributed by atoms with van der Waals surface area (Å²) in [5.74, 6) is -1.62. The van der Waals surface area contributed by atoms with E-state index in [9.17, 15) is 22.8 Å². The summed E-state index contributed by atoms with van der Waals surface area (Å²) in [5, 5.41) is 4.47. The van der Waals surface area contributed by atoms with Crippen molar-refractivity contribution >= 4 is 39.5 Å². The minimum Gasteiger partial charge on any atom is -0.452 e. The molecule has 0 bridgehead atoms. The highest BCUT2D eigenvalue weighted by molar-refractivity contribution is 7.89. The van der Waals surface area contributed by atoms with Gasteiger partial charge in [0.1, 0.15) is 0 Å². The molecule has 1 heterocycles. The Morgan fingerprint density at radius 2 is 1.90 bits per heavy atom. The number of esters is 1. The summed E-state index contributed by atoms with van der Waals surface area (Å²) in [7, 11) is -3.84. The minimum atomic E-state index is -3.84. The van der Waals surface area contributed by atoms with Gasteiger partial charge in [0, 0.05) is 19.6 Å². The van der Waals surface area contributed by atoms with Crippen LogP contribution in [0.1, 0.15) is 24.2 Å². The summed E-state index contributed by atoms with van der Waals surface area (Å²) in [5.41, 5.74) is -0.205. The van der Waals surface area contributed by atoms with Crippen LogP contribution in [0.25, 0.3) is 0 Å². The van der Waals surface area contributed by atoms with Crippen LogP contribution < -0.4 is 10.6 Å². The van der Waals surface area contributed by atoms with E-state index in [1.807, 2.05) is 19.2 Å². The first-order valence-electron chi connectivity index (χ1n) is 9.23. The molecule has 0 saturated carbocycles. The van der Waals surface area contributed by atoms with Gasteiger partial charge in [0.05, 0.1) is 28.7 Å². The number of morpholine rings is 1. The lowest BCUT2D eigenvalue weighted by atomic mass is 10.2. The van der Waals surface area contributed by atoms with Gasteiger partial charge in [-0.3, -0.25) is 10.1 Å². The van der Waals surface area contributed by atoms with Crippen molar-refractivity contribution in [3.63, 3.8) is 0 Å². The third-order valence-corrected chi connectivity index (χ3v) is 6.25. The molecule has 0 spiro atoms. The van der Waals surface area contributed by atoms with Crippen LogP contribution in [0.3, 0.4) is 0 Å². The number of carbonyl (C=O) groups excluding carboxylic acids is 3. The maximum absolute atomic E-state index is 12.7. The number of nitrogens with one attached hydrogen (secondary N) is 2. The number of halogens is 1. The Morgan fingerprint density at radius 3 is 2.53 bits per heavy atom. The smallest absolute Gasteiger partial charge is 0.340 e. The number of hydrogen-bond donors (Lipinski definition) is 2. The van der Waals surface area contributed by atoms with Crippen LogP contribution in [0, 0.1) is 5.92 Å². The SMILES string of the molecule is CC(C)CNC(=O)NC(=O)COC(=O)c1cc(S(=O)(=O)N2CCOCC2)ccc1Cl. The lowest BCUT2D eigenvalue weighted by Gasteiger charge is -2.26. The van der Waals surface area contributed by atoms with Crippen LogP contribution >= 0.6 is 11.6 Å². The van der Waals surface area contributed by atoms with Gasteiger partial charge in [-0.15, -0.1) is 0 Å². The average molecular weight is 462 g/mol. The quantitative estimate of drug-likeness (QED) is 0.579. The van der Waals surface area contributed by atoms with Crippen LogP contribution in [0.2, 0.25) is 5.02 Å². The number of rotatable bonds is 7. The molecule has 2 rings (SSSR count). The summed E-state index contributed by atoms with van der Waals surface area (Å²) in [6, 6.07) is 2.95. The van der Waals surface area contributed by atoms with Crippen molar-refractivity contribution in [2.45, 2.75) is 18.7 Å². The molecule has 0 aromatic heterocycles. The number of hydrogen-bond acceptors (Lipinski definition) is 7. The lowest BCUT2D eigenvalue weighted by molar-refractivity contribution is -0.123. The maximum Gasteiger partial charge on any atom is 0.340 e. The van der Waals surface area contributed by atoms with E-state index in [4.69, 9.17) is 21.1 Å². The van der Waals surface area contributed by atoms with Gasteiger partial charge < -0.3 is 14.8 Å². The molecule has 1 aliphatic rings. The van der Waals surface area contributed by atoms with Crippen LogP contribution in [0.4, 0.5) is 4.79 Å². The average Bonchev–Trinajstić information content (AvgIpc) is 2.71. The standard InChI is InChI=1S/C18H24ClN3O7S/c1-12(2)10-20-18(25)21-16(23)11-29-17(24)14-9-13(3-4-15(14)19)30(26,27)22-5-7-28-8-6-22/h3-4,9,12H,5-8,10-11H2,1-2H3,(H2,20,21,23,25). The molecule has 10 nitrogen and oxygen atoms in total. The monoisotopic (exact) mass is 461 g/mol. The largest absolute Gasteiger partial charge is 0.452 e. The Morgan fingerprint density at radius 1 is 1.23 bits per heavy atom. The van der Waals surface area contributed by atoms with Gasteiger partial charge in [0.15, 0.2) is 6.61 Å². The number of ether oxygens (including phenoxy) is 2. The molecule has 0 aliphatic carbocycles. The van der Waals surface area contributed by atoms with E-state index in [-0.39, 0.29) is 47.7 Å². The molecule has 12 heteroatoms. The Balaban J connectivity index is 2.01. The van der Waals surface area contributed by atoms with Crippen molar-refractivity contribution in [3.8, 4) is 0 Å². The third-order valence-electron chi connectivity index (χ3n) is 4.02. The van der Waals surface area contributed by atoms with Gasteiger partial charge in [-0.2, -0.15) is 4.31 Å². The van der Waals surface area contributed by atoms with E-state index < -0.39 is 34.5 Å². The predicted octanol–water partition coefficient (Wildman–Crippen LogP) is 1.000. The highest BCUT2D eigenvalue weighted by atomic mass is 35.5. The highest BCUT2D eigenvalue weighted by Crippen LogP contribution is 2.24. The van der Waals surface area contributed by atoms with Gasteiger partial charge in [0.2, 0.25) is 10.0 Å². The second-order valence-corrected chi connectivity index (χ2v) is 9.23. The molecule has 166 valence electrons. The van der Waals surface area contributed by atoms with Crippen LogP contribution in [0.15, 0.2) is 23.1 Å². The highest BCUT2D eigenvalue weighted by Gasteiger charge is 2.28. The van der Waals surface area contributed by atoms with Crippen molar-refractivity contribution in [1.29, 1.82) is 0 Å². The Hall–Kier alpha value is -2.21. The van der Waals surface area contributed by atoms with E-state index in [0.717, 1.165) is 6.07 Å². The molecule has 1 aromatic rings. The summed E-state index contributed by atoms with van der Waals surface area (Å²) < 4.78 is 36.7. The fourth-order valence-electron chi connectivity index (χ4n) is 2.47. The number of benzene rings is 1. The molecule has 30 heavy (non-hydrogen) atoms. The molecule has 1 fully saturated rings. The van der Waals surface area contributed by atoms with Crippen LogP contribution in [-0.4, -0.2) is 70.1 Å². The van der Waals surface area contributed by atoms with Crippen molar-refractivity contribution in [2.24, 2.45) is 5.92 Å². The van der Waals surface area contributed by atoms with Gasteiger partial charge in [-0.1, -0.05) is 25.4 Å². The van der Waals surface area contributed by atoms with Crippen LogP contribution in [0.5, 0.6) is 0 Å². The fraction of sp³-hybridized carbons (Fsp3) is 0.500. The second kappa shape index (κ2) is 10.7. The Bertz CT molecular complexity index is 899. The van der Waals surface area contributed by atoms with Gasteiger partial charge in [-0.25, -0.2) is 18.0 Å². The van der Waals surface area contributed by atoms with Gasteiger partial charge >= 0.3 is 12.0 Å². The number of carbonyl (C=O) groups is 3. The van der Waals surface area contributed by atoms with E-state index in [1.54, 1.807) is 0 Å². The minimum absolute atomic E-state index is 0.0315. The molecular weight excluding hydrogens is 438 g/mol. The number of urea groups is 1. The molecule has 0 atom stereocenters. The third kappa shape index (κ3) is 6.66. The normalized spacial score (nSPS) is 14.9. The van der Waals surface area contributed by atoms with E-state index >= 15 is 0 Å². The first kappa shape index (κ1) is 24.1. The van der Waals surface area contributed by atoms with E-state index in [1.165, 1.54) is 16.4 Å². The van der Waals surface area contributed by atoms with Gasteiger partial charge in [-0.05, 0) is 24.1 Å². The van der Waals surface area contributed by atoms with E-state index in [0.29, 0.717) is 6.54 Å². The van der Waals surface area contributed by atoms with Gasteiger partial charge in [0.25, 0.3) is 5.91 Å². The summed E-state index contributed by atoms with van der Waals surface area (Å²) in [4.78, 5) is 35.5. The Kier molecular flexibility index (Phi) is 8.59. The van der Waals surface area contributed by atoms with E-state index in [2.05, 4.69) is 5.32 Å². The molecule has 3 amide bonds. The summed E-state index contributed by atoms with van der Waals surface area (Å²) in [6.07, 6.45) is 0. The molecule has 1 aromatic carbocycles. The molecular formula is C18H24ClN3O7S. The summed E-state index contributed by atoms with van der Waals surface area (Å²) in [6.45, 7) is 4.38. The van der Waals surface area contributed by atoms with Crippen molar-refractivity contribution in [1.82, 2.24) is 14.9 Å². The topological polar surface area (TPSA) is 131 Å². The number of nitrogens with zero attached hydrogens (tertiary/aromatic N) is 1. The number of amides is 3. The number of sulfonamides is 1. The predicted molar refractivity (Wildman–Crippen MR) is 108 cm³/mol. The van der Waals surface area contributed by atoms with Crippen molar-refractivity contribution < 1.29 is 32.3 Å². The maximum atomic E-state index is 12.7.